The molecule has 1 atom stereocenters. The molecule has 3 N–H and O–H groups in total. The molecule has 8 nitrogen and oxygen atoms in total. The first-order chi connectivity index (χ1) is 13.2. The summed E-state index contributed by atoms with van der Waals surface area (Å²) in [4.78, 5) is 27.6. The molecule has 3 rings (SSSR count). The minimum absolute atomic E-state index is 0.00396. The fourth-order valence-electron chi connectivity index (χ4n) is 3.09. The van der Waals surface area contributed by atoms with Gasteiger partial charge in [-0.15, -0.1) is 0 Å². The van der Waals surface area contributed by atoms with Gasteiger partial charge >= 0.3 is 0 Å². The predicted octanol–water partition coefficient (Wildman–Crippen LogP) is 1.70. The highest BCUT2D eigenvalue weighted by atomic mass is 32.2. The summed E-state index contributed by atoms with van der Waals surface area (Å²) in [7, 11) is -3.82. The van der Waals surface area contributed by atoms with E-state index in [9.17, 15) is 18.0 Å². The van der Waals surface area contributed by atoms with Gasteiger partial charge in [0.15, 0.2) is 14.6 Å². The number of aromatic nitrogens is 2. The lowest BCUT2D eigenvalue weighted by molar-refractivity contribution is -0.131. The molecular formula is C19H21N3O5S. The van der Waals surface area contributed by atoms with Crippen molar-refractivity contribution in [1.29, 1.82) is 0 Å². The van der Waals surface area contributed by atoms with Gasteiger partial charge in [-0.05, 0) is 31.0 Å². The maximum atomic E-state index is 12.5. The SMILES string of the molecule is CC(CCn1ccc(-c2c[nH]c3ccccc23)cc1=O)(C(=O)NO)S(C)(=O)=O. The molecule has 0 fully saturated rings. The van der Waals surface area contributed by atoms with Crippen LogP contribution in [0.5, 0.6) is 0 Å². The third-order valence-electron chi connectivity index (χ3n) is 5.13. The summed E-state index contributed by atoms with van der Waals surface area (Å²) in [6.45, 7) is 1.23. The molecule has 0 aliphatic carbocycles. The molecule has 0 aliphatic heterocycles. The standard InChI is InChI=1S/C19H21N3O5S/c1-19(18(24)21-25,28(2,26)27)8-10-22-9-7-13(11-17(22)23)15-12-20-16-6-4-3-5-14(15)16/h3-7,9,11-12,20,25H,8,10H2,1-2H3,(H,21,24). The molecule has 2 heterocycles. The number of H-pyrrole nitrogens is 1. The number of hydrogen-bond acceptors (Lipinski definition) is 5. The van der Waals surface area contributed by atoms with E-state index < -0.39 is 20.5 Å². The first kappa shape index (κ1) is 19.8. The molecule has 0 bridgehead atoms. The quantitative estimate of drug-likeness (QED) is 0.427. The van der Waals surface area contributed by atoms with E-state index in [-0.39, 0.29) is 18.5 Å². The second-order valence-corrected chi connectivity index (χ2v) is 9.33. The van der Waals surface area contributed by atoms with Crippen molar-refractivity contribution in [3.8, 4) is 11.1 Å². The summed E-state index contributed by atoms with van der Waals surface area (Å²) in [5, 5.41) is 9.87. The Hall–Kier alpha value is -2.91. The molecular weight excluding hydrogens is 382 g/mol. The van der Waals surface area contributed by atoms with Crippen LogP contribution in [0.15, 0.2) is 53.6 Å². The second kappa shape index (κ2) is 7.25. The van der Waals surface area contributed by atoms with Crippen molar-refractivity contribution in [3.63, 3.8) is 0 Å². The third kappa shape index (κ3) is 3.46. The van der Waals surface area contributed by atoms with Crippen molar-refractivity contribution < 1.29 is 18.4 Å². The Morgan fingerprint density at radius 1 is 1.29 bits per heavy atom. The Bertz CT molecular complexity index is 1200. The zero-order chi connectivity index (χ0) is 20.5. The number of sulfone groups is 1. The van der Waals surface area contributed by atoms with Crippen LogP contribution in [0.25, 0.3) is 22.0 Å². The van der Waals surface area contributed by atoms with E-state index in [1.54, 1.807) is 12.3 Å². The highest BCUT2D eigenvalue weighted by Crippen LogP contribution is 2.27. The Kier molecular flexibility index (Phi) is 5.14. The Morgan fingerprint density at radius 2 is 2.00 bits per heavy atom. The molecule has 0 saturated heterocycles. The molecule has 2 aromatic heterocycles. The highest BCUT2D eigenvalue weighted by Gasteiger charge is 2.43. The number of carbonyl (C=O) groups excluding carboxylic acids is 1. The zero-order valence-electron chi connectivity index (χ0n) is 15.5. The first-order valence-corrected chi connectivity index (χ1v) is 10.5. The van der Waals surface area contributed by atoms with Gasteiger partial charge in [0.05, 0.1) is 0 Å². The lowest BCUT2D eigenvalue weighted by Crippen LogP contribution is -2.49. The number of pyridine rings is 1. The monoisotopic (exact) mass is 403 g/mol. The zero-order valence-corrected chi connectivity index (χ0v) is 16.3. The summed E-state index contributed by atoms with van der Waals surface area (Å²) in [5.74, 6) is -1.03. The number of nitrogens with zero attached hydrogens (tertiary/aromatic N) is 1. The van der Waals surface area contributed by atoms with E-state index >= 15 is 0 Å². The molecule has 0 radical (unpaired) electrons. The minimum atomic E-state index is -3.82. The van der Waals surface area contributed by atoms with Crippen molar-refractivity contribution in [2.45, 2.75) is 24.6 Å². The van der Waals surface area contributed by atoms with Gasteiger partial charge in [0.25, 0.3) is 11.5 Å². The number of hydroxylamine groups is 1. The lowest BCUT2D eigenvalue weighted by Gasteiger charge is -2.25. The van der Waals surface area contributed by atoms with E-state index in [2.05, 4.69) is 4.98 Å². The van der Waals surface area contributed by atoms with Gasteiger partial charge in [0, 0.05) is 47.7 Å². The summed E-state index contributed by atoms with van der Waals surface area (Å²) >= 11 is 0. The molecule has 1 unspecified atom stereocenters. The van der Waals surface area contributed by atoms with Crippen LogP contribution in [-0.2, 0) is 21.2 Å². The minimum Gasteiger partial charge on any atom is -0.361 e. The number of aromatic amines is 1. The fourth-order valence-corrected chi connectivity index (χ4v) is 3.93. The van der Waals surface area contributed by atoms with E-state index in [0.717, 1.165) is 28.3 Å². The van der Waals surface area contributed by atoms with Crippen molar-refractivity contribution in [2.24, 2.45) is 0 Å². The summed E-state index contributed by atoms with van der Waals surface area (Å²) in [6, 6.07) is 11.0. The van der Waals surface area contributed by atoms with Crippen molar-refractivity contribution in [2.75, 3.05) is 6.26 Å². The normalized spacial score (nSPS) is 14.0. The van der Waals surface area contributed by atoms with Crippen LogP contribution < -0.4 is 11.0 Å². The number of rotatable bonds is 6. The van der Waals surface area contributed by atoms with Crippen LogP contribution in [0.2, 0.25) is 0 Å². The molecule has 0 saturated carbocycles. The van der Waals surface area contributed by atoms with Gasteiger partial charge in [-0.1, -0.05) is 18.2 Å². The van der Waals surface area contributed by atoms with E-state index in [1.165, 1.54) is 23.0 Å². The van der Waals surface area contributed by atoms with Gasteiger partial charge in [0.2, 0.25) is 0 Å². The first-order valence-electron chi connectivity index (χ1n) is 8.58. The molecule has 9 heteroatoms. The summed E-state index contributed by atoms with van der Waals surface area (Å²) in [5.41, 5.74) is 3.66. The number of fused-ring (bicyclic) bond motifs is 1. The van der Waals surface area contributed by atoms with Gasteiger partial charge in [-0.25, -0.2) is 13.9 Å². The second-order valence-electron chi connectivity index (χ2n) is 6.89. The van der Waals surface area contributed by atoms with Crippen LogP contribution in [0.4, 0.5) is 0 Å². The van der Waals surface area contributed by atoms with Gasteiger partial charge in [-0.3, -0.25) is 14.8 Å². The van der Waals surface area contributed by atoms with Crippen LogP contribution in [0.3, 0.4) is 0 Å². The number of amides is 1. The topological polar surface area (TPSA) is 121 Å². The van der Waals surface area contributed by atoms with E-state index in [0.29, 0.717) is 0 Å². The van der Waals surface area contributed by atoms with Crippen molar-refractivity contribution in [1.82, 2.24) is 15.0 Å². The fraction of sp³-hybridized carbons (Fsp3) is 0.263. The lowest BCUT2D eigenvalue weighted by atomic mass is 10.1. The molecule has 3 aromatic rings. The summed E-state index contributed by atoms with van der Waals surface area (Å²) in [6.07, 6.45) is 4.16. The predicted molar refractivity (Wildman–Crippen MR) is 106 cm³/mol. The number of carbonyl (C=O) groups is 1. The average molecular weight is 403 g/mol. The molecule has 148 valence electrons. The molecule has 1 amide bonds. The van der Waals surface area contributed by atoms with Crippen LogP contribution in [0.1, 0.15) is 13.3 Å². The number of benzene rings is 1. The highest BCUT2D eigenvalue weighted by molar-refractivity contribution is 7.92. The molecule has 28 heavy (non-hydrogen) atoms. The van der Waals surface area contributed by atoms with Gasteiger partial charge in [0.1, 0.15) is 0 Å². The largest absolute Gasteiger partial charge is 0.361 e. The Labute approximate surface area is 161 Å². The van der Waals surface area contributed by atoms with E-state index in [4.69, 9.17) is 5.21 Å². The van der Waals surface area contributed by atoms with Gasteiger partial charge in [-0.2, -0.15) is 0 Å². The van der Waals surface area contributed by atoms with Crippen LogP contribution in [-0.4, -0.2) is 40.1 Å². The Morgan fingerprint density at radius 3 is 2.64 bits per heavy atom. The van der Waals surface area contributed by atoms with Crippen LogP contribution in [0, 0.1) is 0 Å². The van der Waals surface area contributed by atoms with Crippen molar-refractivity contribution >= 4 is 26.6 Å². The number of aryl methyl sites for hydroxylation is 1. The number of para-hydroxylation sites is 1. The van der Waals surface area contributed by atoms with Gasteiger partial charge < -0.3 is 9.55 Å². The Balaban J connectivity index is 1.89. The average Bonchev–Trinajstić information content (AvgIpc) is 3.09. The maximum absolute atomic E-state index is 12.5. The van der Waals surface area contributed by atoms with Crippen molar-refractivity contribution in [3.05, 3.63) is 59.1 Å². The smallest absolute Gasteiger partial charge is 0.264 e. The number of hydrogen-bond donors (Lipinski definition) is 3. The summed E-state index contributed by atoms with van der Waals surface area (Å²) < 4.78 is 23.6. The maximum Gasteiger partial charge on any atom is 0.264 e. The molecule has 0 aliphatic rings. The molecule has 1 aromatic carbocycles. The van der Waals surface area contributed by atoms with Crippen LogP contribution >= 0.6 is 0 Å². The molecule has 0 spiro atoms. The van der Waals surface area contributed by atoms with E-state index in [1.807, 2.05) is 30.5 Å². The number of nitrogens with one attached hydrogen (secondary N) is 2. The third-order valence-corrected chi connectivity index (χ3v) is 7.15.